The van der Waals surface area contributed by atoms with E-state index >= 15 is 0 Å². The Morgan fingerprint density at radius 3 is 2.43 bits per heavy atom. The molecule has 0 aliphatic rings. The van der Waals surface area contributed by atoms with Crippen LogP contribution in [0.15, 0.2) is 18.2 Å². The van der Waals surface area contributed by atoms with E-state index in [2.05, 4.69) is 10.1 Å². The zero-order valence-corrected chi connectivity index (χ0v) is 12.3. The van der Waals surface area contributed by atoms with Crippen LogP contribution in [0.5, 0.6) is 0 Å². The molecular weight excluding hydrogens is 274 g/mol. The van der Waals surface area contributed by atoms with E-state index in [4.69, 9.17) is 5.11 Å². The summed E-state index contributed by atoms with van der Waals surface area (Å²) in [6, 6.07) is 4.01. The lowest BCUT2D eigenvalue weighted by Crippen LogP contribution is -2.41. The number of carboxylic acids is 1. The van der Waals surface area contributed by atoms with Crippen molar-refractivity contribution in [3.8, 4) is 0 Å². The first-order chi connectivity index (χ1) is 9.85. The number of amides is 1. The van der Waals surface area contributed by atoms with E-state index < -0.39 is 23.9 Å². The van der Waals surface area contributed by atoms with Gasteiger partial charge in [-0.1, -0.05) is 6.07 Å². The average molecular weight is 293 g/mol. The number of nitrogens with one attached hydrogen (secondary N) is 1. The second-order valence-electron chi connectivity index (χ2n) is 4.78. The smallest absolute Gasteiger partial charge is 0.326 e. The van der Waals surface area contributed by atoms with Crippen molar-refractivity contribution >= 4 is 17.8 Å². The molecule has 0 radical (unpaired) electrons. The lowest BCUT2D eigenvalue weighted by atomic mass is 10.1. The summed E-state index contributed by atoms with van der Waals surface area (Å²) >= 11 is 0. The van der Waals surface area contributed by atoms with E-state index in [-0.39, 0.29) is 12.8 Å². The number of aryl methyl sites for hydroxylation is 2. The number of esters is 1. The molecule has 114 valence electrons. The molecule has 0 spiro atoms. The molecule has 0 saturated heterocycles. The van der Waals surface area contributed by atoms with Gasteiger partial charge in [-0.3, -0.25) is 9.59 Å². The van der Waals surface area contributed by atoms with Gasteiger partial charge in [0.05, 0.1) is 7.11 Å². The summed E-state index contributed by atoms with van der Waals surface area (Å²) in [5, 5.41) is 11.5. The fourth-order valence-corrected chi connectivity index (χ4v) is 1.75. The summed E-state index contributed by atoms with van der Waals surface area (Å²) in [5.41, 5.74) is 2.39. The van der Waals surface area contributed by atoms with Crippen molar-refractivity contribution in [1.82, 2.24) is 5.32 Å². The Bertz CT molecular complexity index is 553. The highest BCUT2D eigenvalue weighted by Crippen LogP contribution is 2.10. The van der Waals surface area contributed by atoms with Crippen LogP contribution in [-0.2, 0) is 14.3 Å². The zero-order valence-electron chi connectivity index (χ0n) is 12.3. The molecule has 0 saturated carbocycles. The molecule has 0 heterocycles. The molecule has 0 unspecified atom stereocenters. The van der Waals surface area contributed by atoms with E-state index in [0.717, 1.165) is 11.1 Å². The summed E-state index contributed by atoms with van der Waals surface area (Å²) in [4.78, 5) is 34.2. The minimum Gasteiger partial charge on any atom is -0.480 e. The van der Waals surface area contributed by atoms with Crippen molar-refractivity contribution in [1.29, 1.82) is 0 Å². The number of ether oxygens (including phenoxy) is 1. The second kappa shape index (κ2) is 7.42. The number of methoxy groups -OCH3 is 1. The van der Waals surface area contributed by atoms with Gasteiger partial charge in [0.25, 0.3) is 5.91 Å². The first kappa shape index (κ1) is 16.7. The van der Waals surface area contributed by atoms with Crippen LogP contribution >= 0.6 is 0 Å². The molecule has 1 aromatic rings. The van der Waals surface area contributed by atoms with Crippen molar-refractivity contribution in [3.63, 3.8) is 0 Å². The fourth-order valence-electron chi connectivity index (χ4n) is 1.75. The minimum absolute atomic E-state index is 0.0153. The molecule has 1 atom stereocenters. The van der Waals surface area contributed by atoms with E-state index in [9.17, 15) is 14.4 Å². The summed E-state index contributed by atoms with van der Waals surface area (Å²) in [7, 11) is 1.23. The molecule has 2 N–H and O–H groups in total. The Hall–Kier alpha value is -2.37. The van der Waals surface area contributed by atoms with E-state index in [0.29, 0.717) is 5.56 Å². The van der Waals surface area contributed by atoms with Crippen molar-refractivity contribution in [2.75, 3.05) is 7.11 Å². The van der Waals surface area contributed by atoms with Crippen LogP contribution in [0.4, 0.5) is 0 Å². The molecule has 1 amide bonds. The van der Waals surface area contributed by atoms with Gasteiger partial charge in [-0.05, 0) is 43.5 Å². The third-order valence-corrected chi connectivity index (χ3v) is 3.24. The molecule has 1 aromatic carbocycles. The average Bonchev–Trinajstić information content (AvgIpc) is 2.45. The molecule has 0 aromatic heterocycles. The van der Waals surface area contributed by atoms with E-state index in [1.54, 1.807) is 18.2 Å². The molecular formula is C15H19NO5. The van der Waals surface area contributed by atoms with Gasteiger partial charge in [-0.2, -0.15) is 0 Å². The van der Waals surface area contributed by atoms with Crippen LogP contribution < -0.4 is 5.32 Å². The highest BCUT2D eigenvalue weighted by molar-refractivity contribution is 5.96. The van der Waals surface area contributed by atoms with E-state index in [1.807, 2.05) is 13.8 Å². The monoisotopic (exact) mass is 293 g/mol. The van der Waals surface area contributed by atoms with Gasteiger partial charge in [0.2, 0.25) is 0 Å². The molecule has 0 bridgehead atoms. The maximum atomic E-state index is 12.0. The summed E-state index contributed by atoms with van der Waals surface area (Å²) < 4.78 is 4.45. The Balaban J connectivity index is 2.74. The SMILES string of the molecule is COC(=O)CC[C@@H](NC(=O)c1ccc(C)c(C)c1)C(=O)O. The maximum absolute atomic E-state index is 12.0. The number of carbonyl (C=O) groups excluding carboxylic acids is 2. The Morgan fingerprint density at radius 2 is 1.90 bits per heavy atom. The topological polar surface area (TPSA) is 92.7 Å². The molecule has 0 fully saturated rings. The number of rotatable bonds is 6. The first-order valence-corrected chi connectivity index (χ1v) is 6.53. The number of carbonyl (C=O) groups is 3. The van der Waals surface area contributed by atoms with Crippen molar-refractivity contribution < 1.29 is 24.2 Å². The Labute approximate surface area is 123 Å². The summed E-state index contributed by atoms with van der Waals surface area (Å²) in [6.07, 6.45) is -0.0841. The number of aliphatic carboxylic acids is 1. The third-order valence-electron chi connectivity index (χ3n) is 3.24. The van der Waals surface area contributed by atoms with Gasteiger partial charge in [0, 0.05) is 12.0 Å². The molecule has 0 aliphatic carbocycles. The predicted molar refractivity (Wildman–Crippen MR) is 76.1 cm³/mol. The number of carboxylic acid groups (broad SMARTS) is 1. The van der Waals surface area contributed by atoms with Gasteiger partial charge in [0.15, 0.2) is 0 Å². The molecule has 1 rings (SSSR count). The van der Waals surface area contributed by atoms with Crippen LogP contribution in [0.1, 0.15) is 34.3 Å². The second-order valence-corrected chi connectivity index (χ2v) is 4.78. The highest BCUT2D eigenvalue weighted by atomic mass is 16.5. The highest BCUT2D eigenvalue weighted by Gasteiger charge is 2.22. The molecule has 6 nitrogen and oxygen atoms in total. The Morgan fingerprint density at radius 1 is 1.24 bits per heavy atom. The van der Waals surface area contributed by atoms with Crippen LogP contribution in [0.3, 0.4) is 0 Å². The van der Waals surface area contributed by atoms with Crippen molar-refractivity contribution in [3.05, 3.63) is 34.9 Å². The molecule has 6 heteroatoms. The summed E-state index contributed by atoms with van der Waals surface area (Å²) in [6.45, 7) is 3.80. The molecule has 21 heavy (non-hydrogen) atoms. The van der Waals surface area contributed by atoms with Crippen LogP contribution in [0.2, 0.25) is 0 Å². The minimum atomic E-state index is -1.18. The van der Waals surface area contributed by atoms with Crippen molar-refractivity contribution in [2.45, 2.75) is 32.7 Å². The predicted octanol–water partition coefficient (Wildman–Crippen LogP) is 1.44. The van der Waals surface area contributed by atoms with Crippen LogP contribution in [0.25, 0.3) is 0 Å². The van der Waals surface area contributed by atoms with Gasteiger partial charge in [-0.25, -0.2) is 4.79 Å². The van der Waals surface area contributed by atoms with Gasteiger partial charge in [0.1, 0.15) is 6.04 Å². The number of benzene rings is 1. The fraction of sp³-hybridized carbons (Fsp3) is 0.400. The van der Waals surface area contributed by atoms with Crippen LogP contribution in [-0.4, -0.2) is 36.1 Å². The first-order valence-electron chi connectivity index (χ1n) is 6.53. The molecule has 0 aliphatic heterocycles. The number of hydrogen-bond acceptors (Lipinski definition) is 4. The van der Waals surface area contributed by atoms with Gasteiger partial charge in [-0.15, -0.1) is 0 Å². The lowest BCUT2D eigenvalue weighted by molar-refractivity contribution is -0.142. The largest absolute Gasteiger partial charge is 0.480 e. The van der Waals surface area contributed by atoms with Crippen LogP contribution in [0, 0.1) is 13.8 Å². The quantitative estimate of drug-likeness (QED) is 0.774. The number of hydrogen-bond donors (Lipinski definition) is 2. The lowest BCUT2D eigenvalue weighted by Gasteiger charge is -2.14. The summed E-state index contributed by atoms with van der Waals surface area (Å²) in [5.74, 6) is -2.17. The maximum Gasteiger partial charge on any atom is 0.326 e. The van der Waals surface area contributed by atoms with E-state index in [1.165, 1.54) is 7.11 Å². The van der Waals surface area contributed by atoms with Gasteiger partial charge < -0.3 is 15.2 Å². The standard InChI is InChI=1S/C15H19NO5/c1-9-4-5-11(8-10(9)2)14(18)16-12(15(19)20)6-7-13(17)21-3/h4-5,8,12H,6-7H2,1-3H3,(H,16,18)(H,19,20)/t12-/m1/s1. The van der Waals surface area contributed by atoms with Crippen molar-refractivity contribution in [2.24, 2.45) is 0 Å². The third kappa shape index (κ3) is 4.91. The zero-order chi connectivity index (χ0) is 16.0. The normalized spacial score (nSPS) is 11.6. The Kier molecular flexibility index (Phi) is 5.90. The van der Waals surface area contributed by atoms with Gasteiger partial charge >= 0.3 is 11.9 Å².